The Hall–Kier alpha value is -1.31. The van der Waals surface area contributed by atoms with Gasteiger partial charge in [-0.3, -0.25) is 4.79 Å². The van der Waals surface area contributed by atoms with Gasteiger partial charge in [0.15, 0.2) is 0 Å². The zero-order valence-corrected chi connectivity index (χ0v) is 12.8. The van der Waals surface area contributed by atoms with Crippen molar-refractivity contribution >= 4 is 5.91 Å². The summed E-state index contributed by atoms with van der Waals surface area (Å²) in [6, 6.07) is 10.7. The van der Waals surface area contributed by atoms with Crippen molar-refractivity contribution in [3.63, 3.8) is 0 Å². The van der Waals surface area contributed by atoms with Crippen LogP contribution < -0.4 is 0 Å². The van der Waals surface area contributed by atoms with Crippen LogP contribution in [-0.4, -0.2) is 16.8 Å². The first kappa shape index (κ1) is 15.1. The molecule has 110 valence electrons. The van der Waals surface area contributed by atoms with Gasteiger partial charge in [-0.2, -0.15) is 0 Å². The summed E-state index contributed by atoms with van der Waals surface area (Å²) < 4.78 is 0. The number of hydrogen-bond acceptors (Lipinski definition) is 1. The van der Waals surface area contributed by atoms with E-state index in [-0.39, 0.29) is 5.92 Å². The van der Waals surface area contributed by atoms with Crippen LogP contribution in [-0.2, 0) is 11.3 Å². The van der Waals surface area contributed by atoms with Crippen LogP contribution in [0.2, 0.25) is 0 Å². The van der Waals surface area contributed by atoms with Crippen molar-refractivity contribution in [2.45, 2.75) is 65.0 Å². The second kappa shape index (κ2) is 7.47. The molecule has 2 nitrogen and oxygen atoms in total. The van der Waals surface area contributed by atoms with E-state index in [1.807, 2.05) is 6.07 Å². The van der Waals surface area contributed by atoms with E-state index < -0.39 is 0 Å². The Kier molecular flexibility index (Phi) is 5.63. The Balaban J connectivity index is 2.08. The molecule has 0 N–H and O–H groups in total. The van der Waals surface area contributed by atoms with Gasteiger partial charge >= 0.3 is 0 Å². The Morgan fingerprint density at radius 3 is 2.45 bits per heavy atom. The molecule has 0 bridgehead atoms. The molecule has 0 radical (unpaired) electrons. The van der Waals surface area contributed by atoms with Crippen LogP contribution in [0.5, 0.6) is 0 Å². The van der Waals surface area contributed by atoms with Gasteiger partial charge in [0.2, 0.25) is 5.91 Å². The van der Waals surface area contributed by atoms with E-state index in [9.17, 15) is 4.79 Å². The van der Waals surface area contributed by atoms with Crippen molar-refractivity contribution < 1.29 is 4.79 Å². The van der Waals surface area contributed by atoms with Gasteiger partial charge in [-0.15, -0.1) is 0 Å². The molecular formula is C18H27NO. The molecule has 2 rings (SSSR count). The quantitative estimate of drug-likeness (QED) is 0.779. The van der Waals surface area contributed by atoms with Crippen LogP contribution >= 0.6 is 0 Å². The van der Waals surface area contributed by atoms with Crippen LogP contribution in [0.4, 0.5) is 0 Å². The summed E-state index contributed by atoms with van der Waals surface area (Å²) in [5.74, 6) is 0.643. The van der Waals surface area contributed by atoms with Crippen molar-refractivity contribution in [2.24, 2.45) is 5.92 Å². The highest BCUT2D eigenvalue weighted by atomic mass is 16.2. The number of hydrogen-bond donors (Lipinski definition) is 0. The molecule has 1 unspecified atom stereocenters. The van der Waals surface area contributed by atoms with Gasteiger partial charge in [0.05, 0.1) is 0 Å². The second-order valence-corrected chi connectivity index (χ2v) is 6.04. The Bertz CT molecular complexity index is 409. The van der Waals surface area contributed by atoms with Gasteiger partial charge in [0.1, 0.15) is 0 Å². The second-order valence-electron chi connectivity index (χ2n) is 6.04. The molecule has 0 aromatic heterocycles. The normalized spacial score (nSPS) is 17.7. The van der Waals surface area contributed by atoms with Gasteiger partial charge in [-0.25, -0.2) is 0 Å². The smallest absolute Gasteiger partial charge is 0.226 e. The molecule has 1 atom stereocenters. The monoisotopic (exact) mass is 273 g/mol. The topological polar surface area (TPSA) is 20.3 Å². The van der Waals surface area contributed by atoms with Crippen LogP contribution in [0.1, 0.15) is 57.9 Å². The average molecular weight is 273 g/mol. The maximum atomic E-state index is 12.8. The molecule has 0 saturated heterocycles. The van der Waals surface area contributed by atoms with E-state index in [2.05, 4.69) is 43.0 Å². The lowest BCUT2D eigenvalue weighted by molar-refractivity contribution is -0.139. The van der Waals surface area contributed by atoms with E-state index in [0.717, 1.165) is 25.8 Å². The third-order valence-electron chi connectivity index (χ3n) is 4.56. The Morgan fingerprint density at radius 2 is 1.85 bits per heavy atom. The maximum absolute atomic E-state index is 12.8. The van der Waals surface area contributed by atoms with Crippen LogP contribution in [0.25, 0.3) is 0 Å². The zero-order valence-electron chi connectivity index (χ0n) is 12.8. The summed E-state index contributed by atoms with van der Waals surface area (Å²) >= 11 is 0. The summed E-state index contributed by atoms with van der Waals surface area (Å²) in [5, 5.41) is 0. The molecule has 2 heteroatoms. The Labute approximate surface area is 123 Å². The van der Waals surface area contributed by atoms with Crippen molar-refractivity contribution in [1.82, 2.24) is 4.90 Å². The lowest BCUT2D eigenvalue weighted by atomic mass is 9.87. The standard InChI is InChI=1S/C18H27NO/c1-3-15(2)19(14-16-10-6-4-7-11-16)18(20)17-12-8-5-9-13-17/h4,6-7,10-11,15,17H,3,5,8-9,12-14H2,1-2H3. The first-order chi connectivity index (χ1) is 9.72. The number of benzene rings is 1. The highest BCUT2D eigenvalue weighted by Crippen LogP contribution is 2.27. The first-order valence-corrected chi connectivity index (χ1v) is 8.06. The minimum absolute atomic E-state index is 0.265. The Morgan fingerprint density at radius 1 is 1.20 bits per heavy atom. The molecule has 0 aliphatic heterocycles. The van der Waals surface area contributed by atoms with E-state index in [1.165, 1.54) is 24.8 Å². The third-order valence-corrected chi connectivity index (χ3v) is 4.56. The summed E-state index contributed by atoms with van der Waals surface area (Å²) in [4.78, 5) is 14.9. The molecule has 20 heavy (non-hydrogen) atoms. The molecule has 1 fully saturated rings. The van der Waals surface area contributed by atoms with Gasteiger partial charge in [-0.1, -0.05) is 56.5 Å². The molecule has 1 aromatic carbocycles. The summed E-state index contributed by atoms with van der Waals surface area (Å²) in [6.45, 7) is 5.09. The fourth-order valence-corrected chi connectivity index (χ4v) is 3.04. The lowest BCUT2D eigenvalue weighted by Gasteiger charge is -2.33. The van der Waals surface area contributed by atoms with Gasteiger partial charge in [0, 0.05) is 18.5 Å². The molecule has 0 heterocycles. The van der Waals surface area contributed by atoms with Crippen LogP contribution in [0, 0.1) is 5.92 Å². The van der Waals surface area contributed by atoms with Gasteiger partial charge < -0.3 is 4.90 Å². The van der Waals surface area contributed by atoms with E-state index in [1.54, 1.807) is 0 Å². The van der Waals surface area contributed by atoms with Crippen molar-refractivity contribution in [3.8, 4) is 0 Å². The molecular weight excluding hydrogens is 246 g/mol. The van der Waals surface area contributed by atoms with Crippen molar-refractivity contribution in [1.29, 1.82) is 0 Å². The molecule has 0 spiro atoms. The van der Waals surface area contributed by atoms with Crippen molar-refractivity contribution in [3.05, 3.63) is 35.9 Å². The SMILES string of the molecule is CCC(C)N(Cc1ccccc1)C(=O)C1CCCCC1. The van der Waals surface area contributed by atoms with Crippen LogP contribution in [0.15, 0.2) is 30.3 Å². The minimum atomic E-state index is 0.265. The number of carbonyl (C=O) groups excluding carboxylic acids is 1. The predicted octanol–water partition coefficient (Wildman–Crippen LogP) is 4.39. The summed E-state index contributed by atoms with van der Waals surface area (Å²) in [5.41, 5.74) is 1.23. The van der Waals surface area contributed by atoms with Gasteiger partial charge in [0.25, 0.3) is 0 Å². The molecule has 1 aliphatic rings. The molecule has 1 amide bonds. The first-order valence-electron chi connectivity index (χ1n) is 8.06. The van der Waals surface area contributed by atoms with E-state index in [4.69, 9.17) is 0 Å². The van der Waals surface area contributed by atoms with Crippen molar-refractivity contribution in [2.75, 3.05) is 0 Å². The molecule has 1 aromatic rings. The summed E-state index contributed by atoms with van der Waals surface area (Å²) in [7, 11) is 0. The number of amides is 1. The minimum Gasteiger partial charge on any atom is -0.335 e. The highest BCUT2D eigenvalue weighted by Gasteiger charge is 2.28. The summed E-state index contributed by atoms with van der Waals surface area (Å²) in [6.07, 6.45) is 6.92. The number of rotatable bonds is 5. The number of carbonyl (C=O) groups is 1. The fraction of sp³-hybridized carbons (Fsp3) is 0.611. The van der Waals surface area contributed by atoms with E-state index >= 15 is 0 Å². The number of nitrogens with zero attached hydrogens (tertiary/aromatic N) is 1. The predicted molar refractivity (Wildman–Crippen MR) is 83.3 cm³/mol. The zero-order chi connectivity index (χ0) is 14.4. The fourth-order valence-electron chi connectivity index (χ4n) is 3.04. The largest absolute Gasteiger partial charge is 0.335 e. The molecule has 1 saturated carbocycles. The average Bonchev–Trinajstić information content (AvgIpc) is 2.53. The molecule has 1 aliphatic carbocycles. The van der Waals surface area contributed by atoms with E-state index in [0.29, 0.717) is 11.9 Å². The maximum Gasteiger partial charge on any atom is 0.226 e. The highest BCUT2D eigenvalue weighted by molar-refractivity contribution is 5.79. The third kappa shape index (κ3) is 3.84. The van der Waals surface area contributed by atoms with Gasteiger partial charge in [-0.05, 0) is 31.7 Å². The lowest BCUT2D eigenvalue weighted by Crippen LogP contribution is -2.42. The van der Waals surface area contributed by atoms with Crippen LogP contribution in [0.3, 0.4) is 0 Å².